The first-order valence-corrected chi connectivity index (χ1v) is 6.72. The fourth-order valence-corrected chi connectivity index (χ4v) is 2.86. The Morgan fingerprint density at radius 2 is 2.00 bits per heavy atom. The molecular formula is C16H21NO. The van der Waals surface area contributed by atoms with Gasteiger partial charge in [0.15, 0.2) is 0 Å². The largest absolute Gasteiger partial charge is 0.496 e. The Balaban J connectivity index is 2.18. The van der Waals surface area contributed by atoms with Crippen molar-refractivity contribution in [2.75, 3.05) is 7.11 Å². The second kappa shape index (κ2) is 5.44. The monoisotopic (exact) mass is 243 g/mol. The van der Waals surface area contributed by atoms with Gasteiger partial charge >= 0.3 is 0 Å². The molecule has 18 heavy (non-hydrogen) atoms. The number of rotatable bonds is 3. The van der Waals surface area contributed by atoms with Gasteiger partial charge in [0.2, 0.25) is 0 Å². The fraction of sp³-hybridized carbons (Fsp3) is 0.562. The highest BCUT2D eigenvalue weighted by molar-refractivity contribution is 5.35. The van der Waals surface area contributed by atoms with Gasteiger partial charge in [-0.2, -0.15) is 5.26 Å². The molecule has 2 heteroatoms. The van der Waals surface area contributed by atoms with E-state index in [2.05, 4.69) is 19.1 Å². The molecule has 2 rings (SSSR count). The van der Waals surface area contributed by atoms with Crippen LogP contribution in [0.1, 0.15) is 38.2 Å². The molecule has 96 valence electrons. The molecule has 0 amide bonds. The molecular weight excluding hydrogens is 222 g/mol. The summed E-state index contributed by atoms with van der Waals surface area (Å²) in [6.07, 6.45) is 5.19. The summed E-state index contributed by atoms with van der Waals surface area (Å²) in [4.78, 5) is 0. The second-order valence-corrected chi connectivity index (χ2v) is 5.56. The number of methoxy groups -OCH3 is 1. The van der Waals surface area contributed by atoms with Gasteiger partial charge < -0.3 is 4.74 Å². The van der Waals surface area contributed by atoms with Crippen molar-refractivity contribution in [3.05, 3.63) is 29.8 Å². The average Bonchev–Trinajstić information content (AvgIpc) is 2.42. The van der Waals surface area contributed by atoms with E-state index in [1.54, 1.807) is 7.11 Å². The molecule has 1 aliphatic rings. The van der Waals surface area contributed by atoms with Crippen molar-refractivity contribution in [1.29, 1.82) is 5.26 Å². The predicted octanol–water partition coefficient (Wildman–Crippen LogP) is 3.96. The van der Waals surface area contributed by atoms with Crippen LogP contribution in [0.3, 0.4) is 0 Å². The molecule has 0 aliphatic heterocycles. The minimum Gasteiger partial charge on any atom is -0.496 e. The number of nitrogens with zero attached hydrogens (tertiary/aromatic N) is 1. The van der Waals surface area contributed by atoms with Crippen molar-refractivity contribution in [1.82, 2.24) is 0 Å². The maximum absolute atomic E-state index is 9.56. The lowest BCUT2D eigenvalue weighted by Gasteiger charge is -2.34. The first-order chi connectivity index (χ1) is 8.69. The maximum Gasteiger partial charge on any atom is 0.122 e. The summed E-state index contributed by atoms with van der Waals surface area (Å²) in [6, 6.07) is 10.6. The molecule has 1 saturated carbocycles. The maximum atomic E-state index is 9.56. The number of hydrogen-bond acceptors (Lipinski definition) is 2. The third-order valence-electron chi connectivity index (χ3n) is 4.19. The van der Waals surface area contributed by atoms with Gasteiger partial charge in [0.25, 0.3) is 0 Å². The molecule has 1 aromatic carbocycles. The normalized spacial score (nSPS) is 27.5. The van der Waals surface area contributed by atoms with Crippen molar-refractivity contribution in [2.45, 2.75) is 39.0 Å². The van der Waals surface area contributed by atoms with Gasteiger partial charge in [-0.05, 0) is 49.7 Å². The molecule has 0 radical (unpaired) electrons. The van der Waals surface area contributed by atoms with E-state index in [1.807, 2.05) is 18.2 Å². The smallest absolute Gasteiger partial charge is 0.122 e. The zero-order chi connectivity index (χ0) is 13.0. The van der Waals surface area contributed by atoms with Crippen LogP contribution in [0.5, 0.6) is 5.75 Å². The van der Waals surface area contributed by atoms with E-state index in [1.165, 1.54) is 12.8 Å². The van der Waals surface area contributed by atoms with Crippen molar-refractivity contribution in [2.24, 2.45) is 11.3 Å². The Hall–Kier alpha value is -1.49. The summed E-state index contributed by atoms with van der Waals surface area (Å²) in [5.41, 5.74) is 0.984. The molecule has 1 aromatic rings. The van der Waals surface area contributed by atoms with Crippen molar-refractivity contribution in [3.63, 3.8) is 0 Å². The summed E-state index contributed by atoms with van der Waals surface area (Å²) in [5.74, 6) is 1.68. The Bertz CT molecular complexity index is 439. The summed E-state index contributed by atoms with van der Waals surface area (Å²) in [5, 5.41) is 9.56. The highest BCUT2D eigenvalue weighted by Gasteiger charge is 2.35. The zero-order valence-electron chi connectivity index (χ0n) is 11.3. The fourth-order valence-electron chi connectivity index (χ4n) is 2.86. The van der Waals surface area contributed by atoms with Crippen molar-refractivity contribution < 1.29 is 4.74 Å². The van der Waals surface area contributed by atoms with E-state index in [-0.39, 0.29) is 5.41 Å². The summed E-state index contributed by atoms with van der Waals surface area (Å²) < 4.78 is 5.39. The molecule has 0 spiro atoms. The molecule has 1 fully saturated rings. The van der Waals surface area contributed by atoms with Gasteiger partial charge in [0, 0.05) is 0 Å². The molecule has 0 heterocycles. The van der Waals surface area contributed by atoms with Gasteiger partial charge in [-0.1, -0.05) is 25.1 Å². The van der Waals surface area contributed by atoms with Gasteiger partial charge in [-0.3, -0.25) is 0 Å². The second-order valence-electron chi connectivity index (χ2n) is 5.56. The highest BCUT2D eigenvalue weighted by atomic mass is 16.5. The molecule has 0 saturated heterocycles. The summed E-state index contributed by atoms with van der Waals surface area (Å²) >= 11 is 0. The third-order valence-corrected chi connectivity index (χ3v) is 4.19. The number of hydrogen-bond donors (Lipinski definition) is 0. The molecule has 2 nitrogen and oxygen atoms in total. The van der Waals surface area contributed by atoms with Crippen molar-refractivity contribution in [3.8, 4) is 11.8 Å². The molecule has 0 N–H and O–H groups in total. The molecule has 0 unspecified atom stereocenters. The number of para-hydroxylation sites is 1. The lowest BCUT2D eigenvalue weighted by molar-refractivity contribution is 0.217. The van der Waals surface area contributed by atoms with Crippen LogP contribution in [0, 0.1) is 22.7 Å². The molecule has 0 aromatic heterocycles. The highest BCUT2D eigenvalue weighted by Crippen LogP contribution is 2.42. The lowest BCUT2D eigenvalue weighted by Crippen LogP contribution is -2.27. The van der Waals surface area contributed by atoms with E-state index in [9.17, 15) is 5.26 Å². The lowest BCUT2D eigenvalue weighted by atomic mass is 9.69. The van der Waals surface area contributed by atoms with Gasteiger partial charge in [0.1, 0.15) is 5.75 Å². The predicted molar refractivity (Wildman–Crippen MR) is 72.4 cm³/mol. The van der Waals surface area contributed by atoms with Crippen LogP contribution in [0.25, 0.3) is 0 Å². The Kier molecular flexibility index (Phi) is 3.91. The topological polar surface area (TPSA) is 33.0 Å². The van der Waals surface area contributed by atoms with Gasteiger partial charge in [-0.15, -0.1) is 0 Å². The third kappa shape index (κ3) is 2.67. The molecule has 0 atom stereocenters. The number of ether oxygens (including phenoxy) is 1. The first kappa shape index (κ1) is 13.0. The SMILES string of the molecule is COc1ccccc1CC1(C#N)CCC(C)CC1. The molecule has 0 bridgehead atoms. The number of benzene rings is 1. The standard InChI is InChI=1S/C16H21NO/c1-13-7-9-16(12-17,10-8-13)11-14-5-3-4-6-15(14)18-2/h3-6,13H,7-11H2,1-2H3. The average molecular weight is 243 g/mol. The van der Waals surface area contributed by atoms with E-state index in [0.29, 0.717) is 0 Å². The first-order valence-electron chi connectivity index (χ1n) is 6.72. The van der Waals surface area contributed by atoms with Crippen LogP contribution in [-0.4, -0.2) is 7.11 Å². The van der Waals surface area contributed by atoms with E-state index in [0.717, 1.165) is 36.5 Å². The van der Waals surface area contributed by atoms with Gasteiger partial charge in [-0.25, -0.2) is 0 Å². The van der Waals surface area contributed by atoms with Crippen LogP contribution in [0.4, 0.5) is 0 Å². The summed E-state index contributed by atoms with van der Waals surface area (Å²) in [7, 11) is 1.70. The number of nitriles is 1. The van der Waals surface area contributed by atoms with Gasteiger partial charge in [0.05, 0.1) is 18.6 Å². The van der Waals surface area contributed by atoms with Crippen LogP contribution >= 0.6 is 0 Å². The quantitative estimate of drug-likeness (QED) is 0.805. The van der Waals surface area contributed by atoms with Crippen LogP contribution in [0.2, 0.25) is 0 Å². The zero-order valence-corrected chi connectivity index (χ0v) is 11.3. The molecule has 1 aliphatic carbocycles. The Morgan fingerprint density at radius 3 is 2.61 bits per heavy atom. The van der Waals surface area contributed by atoms with E-state index in [4.69, 9.17) is 4.74 Å². The van der Waals surface area contributed by atoms with Crippen molar-refractivity contribution >= 4 is 0 Å². The summed E-state index contributed by atoms with van der Waals surface area (Å²) in [6.45, 7) is 2.28. The van der Waals surface area contributed by atoms with Crippen LogP contribution in [-0.2, 0) is 6.42 Å². The minimum atomic E-state index is -0.179. The Morgan fingerprint density at radius 1 is 1.33 bits per heavy atom. The van der Waals surface area contributed by atoms with E-state index < -0.39 is 0 Å². The van der Waals surface area contributed by atoms with Crippen LogP contribution in [0.15, 0.2) is 24.3 Å². The van der Waals surface area contributed by atoms with Crippen LogP contribution < -0.4 is 4.74 Å². The minimum absolute atomic E-state index is 0.179. The van der Waals surface area contributed by atoms with E-state index >= 15 is 0 Å². The Labute approximate surface area is 110 Å².